The van der Waals surface area contributed by atoms with Crippen LogP contribution in [0.3, 0.4) is 0 Å². The minimum atomic E-state index is -0.484. The molecule has 0 atom stereocenters. The Morgan fingerprint density at radius 1 is 0.447 bits per heavy atom. The van der Waals surface area contributed by atoms with Crippen LogP contribution >= 0.6 is 0 Å². The lowest BCUT2D eigenvalue weighted by Crippen LogP contribution is -1.98. The predicted octanol–water partition coefficient (Wildman–Crippen LogP) is 9.55. The van der Waals surface area contributed by atoms with Gasteiger partial charge in [0.15, 0.2) is 0 Å². The molecule has 8 rings (SSSR count). The molecule has 0 N–H and O–H groups in total. The topological polar surface area (TPSA) is 9.86 Å². The van der Waals surface area contributed by atoms with E-state index in [2.05, 4.69) is 0 Å². The maximum atomic E-state index is 9.89. The van der Waals surface area contributed by atoms with Gasteiger partial charge < -0.3 is 9.13 Å². The fourth-order valence-corrected chi connectivity index (χ4v) is 5.32. The number of hydrogen-bond acceptors (Lipinski definition) is 0. The van der Waals surface area contributed by atoms with Crippen molar-refractivity contribution >= 4 is 43.6 Å². The van der Waals surface area contributed by atoms with Crippen molar-refractivity contribution in [2.75, 3.05) is 0 Å². The number of fused-ring (bicyclic) bond motifs is 6. The van der Waals surface area contributed by atoms with E-state index in [9.17, 15) is 2.74 Å². The number of hydrogen-bond donors (Lipinski definition) is 0. The summed E-state index contributed by atoms with van der Waals surface area (Å²) in [4.78, 5) is 0. The Kier molecular flexibility index (Phi) is 2.91. The summed E-state index contributed by atoms with van der Waals surface area (Å²) in [5.41, 5.74) is 3.17. The normalized spacial score (nSPS) is 15.4. The molecule has 0 saturated heterocycles. The van der Waals surface area contributed by atoms with Gasteiger partial charge in [-0.2, -0.15) is 0 Å². The molecule has 2 aromatic heterocycles. The van der Waals surface area contributed by atoms with Gasteiger partial charge in [0.2, 0.25) is 0 Å². The second-order valence-electron chi connectivity index (χ2n) is 9.03. The van der Waals surface area contributed by atoms with Crippen LogP contribution in [-0.4, -0.2) is 9.13 Å². The van der Waals surface area contributed by atoms with Crippen LogP contribution in [0.1, 0.15) is 13.7 Å². The zero-order valence-electron chi connectivity index (χ0n) is 30.0. The van der Waals surface area contributed by atoms with Crippen molar-refractivity contribution in [3.8, 4) is 22.5 Å². The molecule has 0 aliphatic carbocycles. The summed E-state index contributed by atoms with van der Waals surface area (Å²) in [5, 5.41) is 0.311. The highest BCUT2D eigenvalue weighted by molar-refractivity contribution is 6.19. The van der Waals surface area contributed by atoms with E-state index in [1.807, 2.05) is 54.6 Å². The third-order valence-electron chi connectivity index (χ3n) is 6.93. The standard InChI is InChI=1S/C36H24N2/c1-3-13-25(14-4-1)27-17-7-10-20-32(27)38-34-22-12-9-19-29(34)31-23-30-28-18-8-11-21-33(28)37(35(30)24-36(31)38)26-15-5-2-6-16-26/h1-24H/i8D,9D,11D,12D,18D,19D,21D,22D,23D,24D. The molecule has 0 spiro atoms. The Hall–Kier alpha value is -5.08. The molecule has 2 nitrogen and oxygen atoms in total. The molecule has 8 aromatic rings. The van der Waals surface area contributed by atoms with E-state index < -0.39 is 24.2 Å². The SMILES string of the molecule is [2H]c1c([2H])c([2H])c2c(c1[2H])c1c([2H])c3c4c([2H])c([2H])c([2H])c([2H])c4n(-c4ccccc4-c4ccccc4)c3c([2H])c1n2-c1ccccc1. The first kappa shape index (κ1) is 13.5. The number of aromatic nitrogens is 2. The maximum absolute atomic E-state index is 9.89. The fraction of sp³-hybridized carbons (Fsp3) is 0. The van der Waals surface area contributed by atoms with E-state index in [0.29, 0.717) is 11.4 Å². The Balaban J connectivity index is 1.73. The van der Waals surface area contributed by atoms with E-state index in [4.69, 9.17) is 11.0 Å². The molecule has 0 aliphatic heterocycles. The molecule has 0 saturated carbocycles. The molecule has 2 heterocycles. The van der Waals surface area contributed by atoms with Crippen molar-refractivity contribution in [3.63, 3.8) is 0 Å². The molecule has 0 unspecified atom stereocenters. The molecule has 0 aliphatic rings. The van der Waals surface area contributed by atoms with Crippen LogP contribution in [0.5, 0.6) is 0 Å². The van der Waals surface area contributed by atoms with Gasteiger partial charge in [0.25, 0.3) is 0 Å². The van der Waals surface area contributed by atoms with Crippen LogP contribution in [0, 0.1) is 0 Å². The Morgan fingerprint density at radius 3 is 1.71 bits per heavy atom. The van der Waals surface area contributed by atoms with Gasteiger partial charge in [-0.25, -0.2) is 0 Å². The third-order valence-corrected chi connectivity index (χ3v) is 6.93. The molecule has 0 amide bonds. The lowest BCUT2D eigenvalue weighted by molar-refractivity contribution is 1.17. The lowest BCUT2D eigenvalue weighted by atomic mass is 10.0. The van der Waals surface area contributed by atoms with E-state index >= 15 is 0 Å². The predicted molar refractivity (Wildman–Crippen MR) is 161 cm³/mol. The zero-order valence-corrected chi connectivity index (χ0v) is 20.0. The first-order valence-corrected chi connectivity index (χ1v) is 12.2. The second-order valence-corrected chi connectivity index (χ2v) is 9.03. The number of benzene rings is 6. The highest BCUT2D eigenvalue weighted by atomic mass is 15.0. The lowest BCUT2D eigenvalue weighted by Gasteiger charge is -2.14. The summed E-state index contributed by atoms with van der Waals surface area (Å²) < 4.78 is 93.0. The Labute approximate surface area is 234 Å². The molecule has 6 aromatic carbocycles. The van der Waals surface area contributed by atoms with E-state index in [-0.39, 0.29) is 79.9 Å². The van der Waals surface area contributed by atoms with Crippen molar-refractivity contribution in [1.82, 2.24) is 9.13 Å². The summed E-state index contributed by atoms with van der Waals surface area (Å²) in [6.45, 7) is 0. The molecule has 2 heteroatoms. The van der Waals surface area contributed by atoms with Gasteiger partial charge in [-0.15, -0.1) is 0 Å². The van der Waals surface area contributed by atoms with E-state index in [1.165, 1.54) is 0 Å². The third kappa shape index (κ3) is 3.01. The van der Waals surface area contributed by atoms with Crippen molar-refractivity contribution in [2.45, 2.75) is 0 Å². The zero-order chi connectivity index (χ0) is 33.8. The van der Waals surface area contributed by atoms with Crippen LogP contribution < -0.4 is 0 Å². The summed E-state index contributed by atoms with van der Waals surface area (Å²) in [7, 11) is 0. The minimum absolute atomic E-state index is 0.0562. The first-order valence-electron chi connectivity index (χ1n) is 17.2. The monoisotopic (exact) mass is 494 g/mol. The van der Waals surface area contributed by atoms with Gasteiger partial charge in [-0.05, 0) is 47.9 Å². The Bertz CT molecular complexity index is 2660. The van der Waals surface area contributed by atoms with Gasteiger partial charge in [0, 0.05) is 32.8 Å². The van der Waals surface area contributed by atoms with Crippen LogP contribution in [0.25, 0.3) is 66.1 Å². The summed E-state index contributed by atoms with van der Waals surface area (Å²) >= 11 is 0. The fourth-order valence-electron chi connectivity index (χ4n) is 5.32. The van der Waals surface area contributed by atoms with Crippen LogP contribution in [0.15, 0.2) is 145 Å². The average molecular weight is 495 g/mol. The number of nitrogens with zero attached hydrogens (tertiary/aromatic N) is 2. The molecular weight excluding hydrogens is 460 g/mol. The first-order chi connectivity index (χ1) is 23.1. The highest BCUT2D eigenvalue weighted by Crippen LogP contribution is 2.40. The summed E-state index contributed by atoms with van der Waals surface area (Å²) in [6.07, 6.45) is 0. The molecule has 0 fully saturated rings. The molecular formula is C36H24N2. The molecule has 0 bridgehead atoms. The maximum Gasteiger partial charge on any atom is 0.0668 e. The van der Waals surface area contributed by atoms with Crippen molar-refractivity contribution in [2.24, 2.45) is 0 Å². The van der Waals surface area contributed by atoms with Crippen molar-refractivity contribution < 1.29 is 13.7 Å². The quantitative estimate of drug-likeness (QED) is 0.231. The largest absolute Gasteiger partial charge is 0.309 e. The summed E-state index contributed by atoms with van der Waals surface area (Å²) in [6, 6.07) is 22.2. The van der Waals surface area contributed by atoms with Gasteiger partial charge in [0.05, 0.1) is 41.5 Å². The summed E-state index contributed by atoms with van der Waals surface area (Å²) in [5.74, 6) is 0. The minimum Gasteiger partial charge on any atom is -0.309 e. The molecule has 0 radical (unpaired) electrons. The van der Waals surface area contributed by atoms with E-state index in [0.717, 1.165) is 11.1 Å². The van der Waals surface area contributed by atoms with Gasteiger partial charge in [0.1, 0.15) is 0 Å². The average Bonchev–Trinajstić information content (AvgIpc) is 3.67. The van der Waals surface area contributed by atoms with E-state index in [1.54, 1.807) is 39.5 Å². The van der Waals surface area contributed by atoms with Crippen molar-refractivity contribution in [1.29, 1.82) is 0 Å². The van der Waals surface area contributed by atoms with Crippen LogP contribution in [-0.2, 0) is 0 Å². The second kappa shape index (κ2) is 8.22. The number of rotatable bonds is 3. The van der Waals surface area contributed by atoms with Gasteiger partial charge >= 0.3 is 0 Å². The molecule has 178 valence electrons. The van der Waals surface area contributed by atoms with Crippen LogP contribution in [0.2, 0.25) is 0 Å². The van der Waals surface area contributed by atoms with Gasteiger partial charge in [-0.1, -0.05) is 103 Å². The smallest absolute Gasteiger partial charge is 0.0668 e. The van der Waals surface area contributed by atoms with Crippen LogP contribution in [0.4, 0.5) is 0 Å². The number of para-hydroxylation sites is 4. The van der Waals surface area contributed by atoms with Crippen molar-refractivity contribution in [3.05, 3.63) is 145 Å². The van der Waals surface area contributed by atoms with Gasteiger partial charge in [-0.3, -0.25) is 0 Å². The molecule has 38 heavy (non-hydrogen) atoms. The highest BCUT2D eigenvalue weighted by Gasteiger charge is 2.19. The Morgan fingerprint density at radius 2 is 1.00 bits per heavy atom.